The Kier molecular flexibility index (Phi) is 7.08. The Labute approximate surface area is 108 Å². The zero-order valence-electron chi connectivity index (χ0n) is 10.3. The van der Waals surface area contributed by atoms with E-state index in [9.17, 15) is 0 Å². The first kappa shape index (κ1) is 14.0. The third-order valence-corrected chi connectivity index (χ3v) is 3.94. The molecule has 0 N–H and O–H groups in total. The van der Waals surface area contributed by atoms with Crippen LogP contribution in [-0.4, -0.2) is 29.2 Å². The molecule has 0 saturated carbocycles. The Morgan fingerprint density at radius 2 is 2.06 bits per heavy atom. The standard InChI is InChI=1S/C12H22N2S2/c1-11-12(16-10-13-11)9-14(2)7-5-3-4-6-8-15/h10,15H,3-9H2,1-2H3. The van der Waals surface area contributed by atoms with Gasteiger partial charge in [0, 0.05) is 11.4 Å². The molecule has 0 amide bonds. The summed E-state index contributed by atoms with van der Waals surface area (Å²) in [5.74, 6) is 1.02. The zero-order valence-corrected chi connectivity index (χ0v) is 12.0. The van der Waals surface area contributed by atoms with Crippen LogP contribution in [0.3, 0.4) is 0 Å². The summed E-state index contributed by atoms with van der Waals surface area (Å²) < 4.78 is 0. The highest BCUT2D eigenvalue weighted by Crippen LogP contribution is 2.14. The van der Waals surface area contributed by atoms with Gasteiger partial charge in [-0.15, -0.1) is 11.3 Å². The second-order valence-electron chi connectivity index (χ2n) is 4.24. The number of hydrogen-bond donors (Lipinski definition) is 1. The first-order valence-corrected chi connectivity index (χ1v) is 7.43. The molecule has 1 aromatic rings. The molecular weight excluding hydrogens is 236 g/mol. The number of aromatic nitrogens is 1. The maximum atomic E-state index is 4.27. The quantitative estimate of drug-likeness (QED) is 0.568. The summed E-state index contributed by atoms with van der Waals surface area (Å²) in [7, 11) is 2.19. The average Bonchev–Trinajstić information content (AvgIpc) is 2.64. The van der Waals surface area contributed by atoms with Crippen molar-refractivity contribution in [3.05, 3.63) is 16.1 Å². The SMILES string of the molecule is Cc1ncsc1CN(C)CCCCCCS. The lowest BCUT2D eigenvalue weighted by Crippen LogP contribution is -2.18. The fourth-order valence-corrected chi connectivity index (χ4v) is 2.73. The Bertz CT molecular complexity index is 286. The van der Waals surface area contributed by atoms with E-state index < -0.39 is 0 Å². The van der Waals surface area contributed by atoms with Crippen molar-refractivity contribution >= 4 is 24.0 Å². The number of aryl methyl sites for hydroxylation is 1. The molecule has 92 valence electrons. The molecule has 0 saturated heterocycles. The van der Waals surface area contributed by atoms with Gasteiger partial charge in [-0.2, -0.15) is 12.6 Å². The Balaban J connectivity index is 2.11. The summed E-state index contributed by atoms with van der Waals surface area (Å²) in [5, 5.41) is 0. The molecular formula is C12H22N2S2. The van der Waals surface area contributed by atoms with Gasteiger partial charge in [-0.05, 0) is 39.1 Å². The lowest BCUT2D eigenvalue weighted by atomic mass is 10.2. The fraction of sp³-hybridized carbons (Fsp3) is 0.750. The predicted octanol–water partition coefficient (Wildman–Crippen LogP) is 3.37. The fourth-order valence-electron chi connectivity index (χ4n) is 1.65. The molecule has 1 rings (SSSR count). The highest BCUT2D eigenvalue weighted by atomic mass is 32.1. The van der Waals surface area contributed by atoms with Crippen molar-refractivity contribution in [1.29, 1.82) is 0 Å². The summed E-state index contributed by atoms with van der Waals surface area (Å²) in [4.78, 5) is 8.06. The highest BCUT2D eigenvalue weighted by Gasteiger charge is 2.04. The Hall–Kier alpha value is -0.0600. The van der Waals surface area contributed by atoms with Crippen LogP contribution in [0.25, 0.3) is 0 Å². The van der Waals surface area contributed by atoms with E-state index >= 15 is 0 Å². The van der Waals surface area contributed by atoms with E-state index in [1.807, 2.05) is 5.51 Å². The number of rotatable bonds is 8. The smallest absolute Gasteiger partial charge is 0.0798 e. The van der Waals surface area contributed by atoms with Crippen molar-refractivity contribution < 1.29 is 0 Å². The van der Waals surface area contributed by atoms with Gasteiger partial charge in [-0.3, -0.25) is 0 Å². The molecule has 0 atom stereocenters. The van der Waals surface area contributed by atoms with Crippen LogP contribution < -0.4 is 0 Å². The highest BCUT2D eigenvalue weighted by molar-refractivity contribution is 7.80. The second kappa shape index (κ2) is 8.09. The van der Waals surface area contributed by atoms with E-state index in [4.69, 9.17) is 0 Å². The normalized spacial score (nSPS) is 11.2. The van der Waals surface area contributed by atoms with Crippen molar-refractivity contribution in [3.8, 4) is 0 Å². The predicted molar refractivity (Wildman–Crippen MR) is 75.5 cm³/mol. The van der Waals surface area contributed by atoms with Crippen LogP contribution in [0, 0.1) is 6.92 Å². The third kappa shape index (κ3) is 5.32. The minimum absolute atomic E-state index is 1.02. The lowest BCUT2D eigenvalue weighted by molar-refractivity contribution is 0.319. The Morgan fingerprint density at radius 1 is 1.31 bits per heavy atom. The minimum Gasteiger partial charge on any atom is -0.301 e. The van der Waals surface area contributed by atoms with Crippen LogP contribution in [0.1, 0.15) is 36.3 Å². The van der Waals surface area contributed by atoms with Crippen LogP contribution in [0.5, 0.6) is 0 Å². The van der Waals surface area contributed by atoms with Gasteiger partial charge < -0.3 is 4.90 Å². The number of unbranched alkanes of at least 4 members (excludes halogenated alkanes) is 3. The molecule has 0 radical (unpaired) electrons. The maximum absolute atomic E-state index is 4.27. The van der Waals surface area contributed by atoms with Gasteiger partial charge in [0.05, 0.1) is 11.2 Å². The summed E-state index contributed by atoms with van der Waals surface area (Å²) in [6.07, 6.45) is 5.19. The molecule has 1 aromatic heterocycles. The monoisotopic (exact) mass is 258 g/mol. The average molecular weight is 258 g/mol. The molecule has 2 nitrogen and oxygen atoms in total. The van der Waals surface area contributed by atoms with Crippen LogP contribution in [0.4, 0.5) is 0 Å². The van der Waals surface area contributed by atoms with Crippen molar-refractivity contribution in [2.45, 2.75) is 39.2 Å². The molecule has 0 bridgehead atoms. The Morgan fingerprint density at radius 3 is 2.69 bits per heavy atom. The van der Waals surface area contributed by atoms with Gasteiger partial charge in [0.2, 0.25) is 0 Å². The van der Waals surface area contributed by atoms with Gasteiger partial charge in [0.15, 0.2) is 0 Å². The maximum Gasteiger partial charge on any atom is 0.0798 e. The number of nitrogens with zero attached hydrogens (tertiary/aromatic N) is 2. The van der Waals surface area contributed by atoms with Crippen molar-refractivity contribution in [3.63, 3.8) is 0 Å². The molecule has 0 aliphatic rings. The molecule has 16 heavy (non-hydrogen) atoms. The van der Waals surface area contributed by atoms with Crippen molar-refractivity contribution in [2.75, 3.05) is 19.3 Å². The largest absolute Gasteiger partial charge is 0.301 e. The van der Waals surface area contributed by atoms with Crippen LogP contribution in [0.2, 0.25) is 0 Å². The minimum atomic E-state index is 1.02. The summed E-state index contributed by atoms with van der Waals surface area (Å²) in [5.41, 5.74) is 3.12. The van der Waals surface area contributed by atoms with E-state index in [0.29, 0.717) is 0 Å². The molecule has 0 unspecified atom stereocenters. The van der Waals surface area contributed by atoms with Gasteiger partial charge >= 0.3 is 0 Å². The van der Waals surface area contributed by atoms with E-state index in [-0.39, 0.29) is 0 Å². The molecule has 0 aliphatic carbocycles. The van der Waals surface area contributed by atoms with Crippen LogP contribution >= 0.6 is 24.0 Å². The van der Waals surface area contributed by atoms with E-state index in [1.165, 1.54) is 42.8 Å². The van der Waals surface area contributed by atoms with Gasteiger partial charge in [0.1, 0.15) is 0 Å². The van der Waals surface area contributed by atoms with Gasteiger partial charge in [0.25, 0.3) is 0 Å². The summed E-state index contributed by atoms with van der Waals surface area (Å²) in [6.45, 7) is 4.32. The molecule has 1 heterocycles. The van der Waals surface area contributed by atoms with E-state index in [2.05, 4.69) is 36.5 Å². The molecule has 0 fully saturated rings. The number of hydrogen-bond acceptors (Lipinski definition) is 4. The lowest BCUT2D eigenvalue weighted by Gasteiger charge is -2.15. The molecule has 0 aliphatic heterocycles. The number of thiol groups is 1. The van der Waals surface area contributed by atoms with Gasteiger partial charge in [-0.25, -0.2) is 4.98 Å². The van der Waals surface area contributed by atoms with Gasteiger partial charge in [-0.1, -0.05) is 12.8 Å². The van der Waals surface area contributed by atoms with Crippen LogP contribution in [-0.2, 0) is 6.54 Å². The zero-order chi connectivity index (χ0) is 11.8. The van der Waals surface area contributed by atoms with Crippen molar-refractivity contribution in [1.82, 2.24) is 9.88 Å². The summed E-state index contributed by atoms with van der Waals surface area (Å²) in [6, 6.07) is 0. The van der Waals surface area contributed by atoms with E-state index in [0.717, 1.165) is 12.3 Å². The molecule has 0 spiro atoms. The van der Waals surface area contributed by atoms with Crippen molar-refractivity contribution in [2.24, 2.45) is 0 Å². The molecule has 4 heteroatoms. The van der Waals surface area contributed by atoms with E-state index in [1.54, 1.807) is 11.3 Å². The first-order valence-electron chi connectivity index (χ1n) is 5.92. The number of thiazole rings is 1. The third-order valence-electron chi connectivity index (χ3n) is 2.71. The summed E-state index contributed by atoms with van der Waals surface area (Å²) >= 11 is 5.98. The molecule has 0 aromatic carbocycles. The second-order valence-corrected chi connectivity index (χ2v) is 5.62. The topological polar surface area (TPSA) is 16.1 Å². The van der Waals surface area contributed by atoms with Crippen LogP contribution in [0.15, 0.2) is 5.51 Å². The first-order chi connectivity index (χ1) is 7.74.